The summed E-state index contributed by atoms with van der Waals surface area (Å²) in [5.41, 5.74) is 4.70. The Morgan fingerprint density at radius 3 is 2.15 bits per heavy atom. The first kappa shape index (κ1) is 26.9. The SMILES string of the molecule is COc1ccc2c(c1)c(CC(=O)NCc1ccc(C(=O)c3ccccc3)cc1)c(C)n2C(=O)c1ccc(Cl)cc1. The summed E-state index contributed by atoms with van der Waals surface area (Å²) < 4.78 is 7.04. The number of carbonyl (C=O) groups excluding carboxylic acids is 3. The Kier molecular flexibility index (Phi) is 7.80. The monoisotopic (exact) mass is 550 g/mol. The highest BCUT2D eigenvalue weighted by Crippen LogP contribution is 2.31. The molecule has 7 heteroatoms. The first-order valence-electron chi connectivity index (χ1n) is 12.8. The highest BCUT2D eigenvalue weighted by Gasteiger charge is 2.22. The van der Waals surface area contributed by atoms with Crippen LogP contribution in [0.4, 0.5) is 0 Å². The number of halogens is 1. The Labute approximate surface area is 237 Å². The fourth-order valence-electron chi connectivity index (χ4n) is 4.75. The minimum absolute atomic E-state index is 0.0494. The Hall–Kier alpha value is -4.68. The lowest BCUT2D eigenvalue weighted by molar-refractivity contribution is -0.120. The van der Waals surface area contributed by atoms with Crippen molar-refractivity contribution in [3.8, 4) is 5.75 Å². The first-order valence-corrected chi connectivity index (χ1v) is 13.2. The van der Waals surface area contributed by atoms with E-state index in [9.17, 15) is 14.4 Å². The van der Waals surface area contributed by atoms with Gasteiger partial charge in [-0.2, -0.15) is 0 Å². The molecule has 4 aromatic carbocycles. The lowest BCUT2D eigenvalue weighted by Crippen LogP contribution is -2.25. The molecule has 0 saturated carbocycles. The molecule has 0 unspecified atom stereocenters. The summed E-state index contributed by atoms with van der Waals surface area (Å²) >= 11 is 6.01. The zero-order chi connectivity index (χ0) is 28.2. The molecule has 1 aromatic heterocycles. The van der Waals surface area contributed by atoms with Crippen LogP contribution in [0.3, 0.4) is 0 Å². The molecular weight excluding hydrogens is 524 g/mol. The summed E-state index contributed by atoms with van der Waals surface area (Å²) in [7, 11) is 1.58. The number of aromatic nitrogens is 1. The van der Waals surface area contributed by atoms with Crippen molar-refractivity contribution in [2.45, 2.75) is 19.9 Å². The molecule has 5 aromatic rings. The third kappa shape index (κ3) is 5.53. The maximum absolute atomic E-state index is 13.5. The van der Waals surface area contributed by atoms with Crippen LogP contribution in [0.15, 0.2) is 97.1 Å². The molecule has 6 nitrogen and oxygen atoms in total. The van der Waals surface area contributed by atoms with Crippen LogP contribution >= 0.6 is 11.6 Å². The van der Waals surface area contributed by atoms with E-state index < -0.39 is 0 Å². The Morgan fingerprint density at radius 2 is 1.48 bits per heavy atom. The summed E-state index contributed by atoms with van der Waals surface area (Å²) in [4.78, 5) is 39.2. The normalized spacial score (nSPS) is 10.9. The average molecular weight is 551 g/mol. The van der Waals surface area contributed by atoms with Crippen LogP contribution in [-0.2, 0) is 17.8 Å². The second-order valence-corrected chi connectivity index (χ2v) is 9.88. The minimum atomic E-state index is -0.207. The van der Waals surface area contributed by atoms with Crippen LogP contribution in [0, 0.1) is 6.92 Å². The summed E-state index contributed by atoms with van der Waals surface area (Å²) in [6.07, 6.45) is 0.0843. The van der Waals surface area contributed by atoms with Gasteiger partial charge < -0.3 is 10.1 Å². The van der Waals surface area contributed by atoms with E-state index in [1.165, 1.54) is 0 Å². The molecule has 5 rings (SSSR count). The van der Waals surface area contributed by atoms with Crippen molar-refractivity contribution in [1.82, 2.24) is 9.88 Å². The topological polar surface area (TPSA) is 77.4 Å². The van der Waals surface area contributed by atoms with Gasteiger partial charge in [0.25, 0.3) is 5.91 Å². The maximum atomic E-state index is 13.5. The van der Waals surface area contributed by atoms with Gasteiger partial charge in [0, 0.05) is 39.3 Å². The molecule has 0 fully saturated rings. The van der Waals surface area contributed by atoms with E-state index in [1.807, 2.05) is 49.4 Å². The van der Waals surface area contributed by atoms with Gasteiger partial charge >= 0.3 is 0 Å². The van der Waals surface area contributed by atoms with Crippen molar-refractivity contribution in [3.63, 3.8) is 0 Å². The van der Waals surface area contributed by atoms with Gasteiger partial charge in [0.15, 0.2) is 5.78 Å². The van der Waals surface area contributed by atoms with E-state index in [0.717, 1.165) is 16.5 Å². The summed E-state index contributed by atoms with van der Waals surface area (Å²) in [5.74, 6) is 0.191. The second kappa shape index (κ2) is 11.6. The van der Waals surface area contributed by atoms with Gasteiger partial charge in [0.05, 0.1) is 19.0 Å². The number of nitrogens with zero attached hydrogens (tertiary/aromatic N) is 1. The van der Waals surface area contributed by atoms with Crippen LogP contribution in [0.5, 0.6) is 5.75 Å². The molecule has 0 aliphatic heterocycles. The third-order valence-electron chi connectivity index (χ3n) is 6.92. The number of nitrogens with one attached hydrogen (secondary N) is 1. The number of benzene rings is 4. The number of fused-ring (bicyclic) bond motifs is 1. The maximum Gasteiger partial charge on any atom is 0.262 e. The number of carbonyl (C=O) groups is 3. The van der Waals surface area contributed by atoms with Gasteiger partial charge in [-0.15, -0.1) is 0 Å². The molecule has 0 aliphatic rings. The number of methoxy groups -OCH3 is 1. The largest absolute Gasteiger partial charge is 0.497 e. The van der Waals surface area contributed by atoms with Gasteiger partial charge in [-0.25, -0.2) is 0 Å². The van der Waals surface area contributed by atoms with E-state index in [-0.39, 0.29) is 24.0 Å². The number of hydrogen-bond donors (Lipinski definition) is 1. The van der Waals surface area contributed by atoms with Crippen LogP contribution in [0.25, 0.3) is 10.9 Å². The molecular formula is C33H27ClN2O4. The molecule has 0 saturated heterocycles. The standard InChI is InChI=1S/C33H27ClN2O4/c1-21-28(19-31(37)35-20-22-8-10-24(11-9-22)32(38)23-6-4-3-5-7-23)29-18-27(40-2)16-17-30(29)36(21)33(39)25-12-14-26(34)15-13-25/h3-18H,19-20H2,1-2H3,(H,35,37). The Morgan fingerprint density at radius 1 is 0.825 bits per heavy atom. The van der Waals surface area contributed by atoms with Gasteiger partial charge in [-0.3, -0.25) is 19.0 Å². The third-order valence-corrected chi connectivity index (χ3v) is 7.17. The molecule has 0 aliphatic carbocycles. The van der Waals surface area contributed by atoms with E-state index in [2.05, 4.69) is 5.32 Å². The first-order chi connectivity index (χ1) is 19.4. The zero-order valence-electron chi connectivity index (χ0n) is 22.1. The summed E-state index contributed by atoms with van der Waals surface area (Å²) in [6, 6.07) is 28.5. The molecule has 200 valence electrons. The van der Waals surface area contributed by atoms with E-state index >= 15 is 0 Å². The smallest absolute Gasteiger partial charge is 0.262 e. The van der Waals surface area contributed by atoms with Crippen LogP contribution in [0.1, 0.15) is 43.1 Å². The molecule has 0 bridgehead atoms. The van der Waals surface area contributed by atoms with Gasteiger partial charge in [-0.1, -0.05) is 66.2 Å². The van der Waals surface area contributed by atoms with E-state index in [4.69, 9.17) is 16.3 Å². The lowest BCUT2D eigenvalue weighted by atomic mass is 10.0. The molecule has 0 atom stereocenters. The highest BCUT2D eigenvalue weighted by atomic mass is 35.5. The number of amides is 1. The van der Waals surface area contributed by atoms with E-state index in [1.54, 1.807) is 66.3 Å². The van der Waals surface area contributed by atoms with Gasteiger partial charge in [-0.05, 0) is 60.5 Å². The molecule has 40 heavy (non-hydrogen) atoms. The molecule has 1 heterocycles. The Bertz CT molecular complexity index is 1710. The van der Waals surface area contributed by atoms with Crippen molar-refractivity contribution in [1.29, 1.82) is 0 Å². The summed E-state index contributed by atoms with van der Waals surface area (Å²) in [5, 5.41) is 4.28. The van der Waals surface area contributed by atoms with Crippen molar-refractivity contribution in [2.24, 2.45) is 0 Å². The number of rotatable bonds is 8. The van der Waals surface area contributed by atoms with E-state index in [0.29, 0.717) is 45.2 Å². The van der Waals surface area contributed by atoms with Crippen LogP contribution in [-0.4, -0.2) is 29.3 Å². The highest BCUT2D eigenvalue weighted by molar-refractivity contribution is 6.30. The predicted molar refractivity (Wildman–Crippen MR) is 156 cm³/mol. The molecule has 0 radical (unpaired) electrons. The summed E-state index contributed by atoms with van der Waals surface area (Å²) in [6.45, 7) is 2.15. The molecule has 1 amide bonds. The Balaban J connectivity index is 1.34. The number of ketones is 1. The lowest BCUT2D eigenvalue weighted by Gasteiger charge is -2.09. The van der Waals surface area contributed by atoms with Crippen molar-refractivity contribution in [2.75, 3.05) is 7.11 Å². The zero-order valence-corrected chi connectivity index (χ0v) is 22.9. The second-order valence-electron chi connectivity index (χ2n) is 9.44. The average Bonchev–Trinajstić information content (AvgIpc) is 3.26. The van der Waals surface area contributed by atoms with Crippen molar-refractivity contribution >= 4 is 40.1 Å². The van der Waals surface area contributed by atoms with Gasteiger partial charge in [0.2, 0.25) is 5.91 Å². The quantitative estimate of drug-likeness (QED) is 0.227. The number of ether oxygens (including phenoxy) is 1. The minimum Gasteiger partial charge on any atom is -0.497 e. The fraction of sp³-hybridized carbons (Fsp3) is 0.121. The number of hydrogen-bond acceptors (Lipinski definition) is 4. The van der Waals surface area contributed by atoms with Crippen LogP contribution in [0.2, 0.25) is 5.02 Å². The van der Waals surface area contributed by atoms with Crippen molar-refractivity contribution in [3.05, 3.63) is 136 Å². The predicted octanol–water partition coefficient (Wildman–Crippen LogP) is 6.39. The van der Waals surface area contributed by atoms with Crippen LogP contribution < -0.4 is 10.1 Å². The van der Waals surface area contributed by atoms with Crippen molar-refractivity contribution < 1.29 is 19.1 Å². The van der Waals surface area contributed by atoms with Gasteiger partial charge in [0.1, 0.15) is 5.75 Å². The molecule has 1 N–H and O–H groups in total. The fourth-order valence-corrected chi connectivity index (χ4v) is 4.88. The molecule has 0 spiro atoms.